The zero-order valence-electron chi connectivity index (χ0n) is 11.8. The Bertz CT molecular complexity index is 516. The van der Waals surface area contributed by atoms with E-state index in [2.05, 4.69) is 33.6 Å². The minimum absolute atomic E-state index is 0.735. The summed E-state index contributed by atoms with van der Waals surface area (Å²) in [4.78, 5) is 8.60. The molecule has 0 saturated heterocycles. The zero-order chi connectivity index (χ0) is 13.6. The topological polar surface area (TPSA) is 37.8 Å². The second-order valence-corrected chi connectivity index (χ2v) is 5.51. The van der Waals surface area contributed by atoms with E-state index >= 15 is 0 Å². The summed E-state index contributed by atoms with van der Waals surface area (Å²) in [6.07, 6.45) is 12.5. The first-order valence-electron chi connectivity index (χ1n) is 7.50. The van der Waals surface area contributed by atoms with Gasteiger partial charge in [-0.25, -0.2) is 0 Å². The molecule has 20 heavy (non-hydrogen) atoms. The lowest BCUT2D eigenvalue weighted by Crippen LogP contribution is -2.06. The van der Waals surface area contributed by atoms with Gasteiger partial charge in [-0.3, -0.25) is 9.97 Å². The largest absolute Gasteiger partial charge is 0.379 e. The maximum absolute atomic E-state index is 4.59. The Morgan fingerprint density at radius 1 is 1.00 bits per heavy atom. The standard InChI is InChI=1S/C17H21N3/c1-2-4-14(5-3-1)15-6-7-17(19-12-15)13-20-16-8-10-18-11-9-16/h6-12,14H,1-5,13H2,(H,18,20). The van der Waals surface area contributed by atoms with Gasteiger partial charge in [0.25, 0.3) is 0 Å². The predicted molar refractivity (Wildman–Crippen MR) is 81.6 cm³/mol. The number of rotatable bonds is 4. The lowest BCUT2D eigenvalue weighted by Gasteiger charge is -2.21. The molecule has 0 bridgehead atoms. The Labute approximate surface area is 120 Å². The van der Waals surface area contributed by atoms with Crippen molar-refractivity contribution >= 4 is 5.69 Å². The summed E-state index contributed by atoms with van der Waals surface area (Å²) < 4.78 is 0. The summed E-state index contributed by atoms with van der Waals surface area (Å²) in [6, 6.07) is 8.34. The lowest BCUT2D eigenvalue weighted by atomic mass is 9.85. The van der Waals surface area contributed by atoms with Gasteiger partial charge in [0, 0.05) is 24.3 Å². The number of pyridine rings is 2. The molecule has 3 heteroatoms. The fourth-order valence-electron chi connectivity index (χ4n) is 2.88. The van der Waals surface area contributed by atoms with E-state index in [1.54, 1.807) is 12.4 Å². The fraction of sp³-hybridized carbons (Fsp3) is 0.412. The summed E-state index contributed by atoms with van der Waals surface area (Å²) in [5, 5.41) is 3.36. The second-order valence-electron chi connectivity index (χ2n) is 5.51. The maximum atomic E-state index is 4.59. The predicted octanol–water partition coefficient (Wildman–Crippen LogP) is 4.14. The summed E-state index contributed by atoms with van der Waals surface area (Å²) >= 11 is 0. The number of nitrogens with zero attached hydrogens (tertiary/aromatic N) is 2. The molecule has 2 aromatic rings. The van der Waals surface area contributed by atoms with Crippen LogP contribution in [0.25, 0.3) is 0 Å². The monoisotopic (exact) mass is 267 g/mol. The third kappa shape index (κ3) is 3.35. The van der Waals surface area contributed by atoms with Gasteiger partial charge in [-0.1, -0.05) is 25.3 Å². The molecule has 0 aromatic carbocycles. The van der Waals surface area contributed by atoms with Crippen molar-refractivity contribution in [2.45, 2.75) is 44.6 Å². The first-order valence-corrected chi connectivity index (χ1v) is 7.50. The molecule has 1 aliphatic rings. The number of aromatic nitrogens is 2. The Hall–Kier alpha value is -1.90. The Balaban J connectivity index is 1.58. The van der Waals surface area contributed by atoms with Crippen molar-refractivity contribution in [1.29, 1.82) is 0 Å². The minimum atomic E-state index is 0.735. The van der Waals surface area contributed by atoms with Crippen LogP contribution < -0.4 is 5.32 Å². The molecular formula is C17H21N3. The molecule has 1 aliphatic carbocycles. The quantitative estimate of drug-likeness (QED) is 0.904. The van der Waals surface area contributed by atoms with Crippen LogP contribution in [0, 0.1) is 0 Å². The fourth-order valence-corrected chi connectivity index (χ4v) is 2.88. The van der Waals surface area contributed by atoms with E-state index < -0.39 is 0 Å². The highest BCUT2D eigenvalue weighted by Gasteiger charge is 2.15. The molecule has 0 aliphatic heterocycles. The Morgan fingerprint density at radius 2 is 1.80 bits per heavy atom. The maximum Gasteiger partial charge on any atom is 0.0594 e. The summed E-state index contributed by atoms with van der Waals surface area (Å²) in [5.74, 6) is 0.735. The molecule has 0 atom stereocenters. The van der Waals surface area contributed by atoms with Gasteiger partial charge in [0.05, 0.1) is 12.2 Å². The number of nitrogens with one attached hydrogen (secondary N) is 1. The molecule has 0 spiro atoms. The van der Waals surface area contributed by atoms with E-state index in [9.17, 15) is 0 Å². The van der Waals surface area contributed by atoms with Crippen LogP contribution in [-0.2, 0) is 6.54 Å². The smallest absolute Gasteiger partial charge is 0.0594 e. The molecule has 3 nitrogen and oxygen atoms in total. The van der Waals surface area contributed by atoms with Crippen molar-refractivity contribution in [1.82, 2.24) is 9.97 Å². The highest BCUT2D eigenvalue weighted by molar-refractivity contribution is 5.41. The van der Waals surface area contributed by atoms with Crippen molar-refractivity contribution in [2.75, 3.05) is 5.32 Å². The zero-order valence-corrected chi connectivity index (χ0v) is 11.8. The van der Waals surface area contributed by atoms with Crippen LogP contribution in [0.5, 0.6) is 0 Å². The van der Waals surface area contributed by atoms with Gasteiger partial charge >= 0.3 is 0 Å². The molecule has 2 heterocycles. The first-order chi connectivity index (χ1) is 9.92. The van der Waals surface area contributed by atoms with Crippen LogP contribution in [0.15, 0.2) is 42.9 Å². The Morgan fingerprint density at radius 3 is 2.50 bits per heavy atom. The van der Waals surface area contributed by atoms with Crippen molar-refractivity contribution < 1.29 is 0 Å². The van der Waals surface area contributed by atoms with Crippen molar-refractivity contribution in [3.05, 3.63) is 54.1 Å². The van der Waals surface area contributed by atoms with Gasteiger partial charge in [-0.05, 0) is 42.5 Å². The molecule has 1 fully saturated rings. The van der Waals surface area contributed by atoms with E-state index in [1.807, 2.05) is 12.1 Å². The van der Waals surface area contributed by atoms with Crippen molar-refractivity contribution in [3.63, 3.8) is 0 Å². The van der Waals surface area contributed by atoms with E-state index in [0.717, 1.165) is 23.8 Å². The van der Waals surface area contributed by atoms with Gasteiger partial charge < -0.3 is 5.32 Å². The van der Waals surface area contributed by atoms with Crippen LogP contribution in [0.2, 0.25) is 0 Å². The lowest BCUT2D eigenvalue weighted by molar-refractivity contribution is 0.443. The van der Waals surface area contributed by atoms with E-state index in [-0.39, 0.29) is 0 Å². The second kappa shape index (κ2) is 6.51. The normalized spacial score (nSPS) is 16.0. The number of anilines is 1. The van der Waals surface area contributed by atoms with Crippen LogP contribution in [0.1, 0.15) is 49.3 Å². The first kappa shape index (κ1) is 13.1. The third-order valence-corrected chi connectivity index (χ3v) is 4.08. The van der Waals surface area contributed by atoms with Gasteiger partial charge in [0.2, 0.25) is 0 Å². The van der Waals surface area contributed by atoms with Crippen molar-refractivity contribution in [2.24, 2.45) is 0 Å². The van der Waals surface area contributed by atoms with Crippen LogP contribution in [0.4, 0.5) is 5.69 Å². The van der Waals surface area contributed by atoms with Crippen molar-refractivity contribution in [3.8, 4) is 0 Å². The number of hydrogen-bond donors (Lipinski definition) is 1. The minimum Gasteiger partial charge on any atom is -0.379 e. The number of hydrogen-bond acceptors (Lipinski definition) is 3. The van der Waals surface area contributed by atoms with E-state index in [0.29, 0.717) is 0 Å². The molecule has 2 aromatic heterocycles. The van der Waals surface area contributed by atoms with Crippen LogP contribution >= 0.6 is 0 Å². The molecule has 1 saturated carbocycles. The average Bonchev–Trinajstić information content (AvgIpc) is 2.55. The molecule has 0 unspecified atom stereocenters. The van der Waals surface area contributed by atoms with Gasteiger partial charge in [-0.2, -0.15) is 0 Å². The average molecular weight is 267 g/mol. The highest BCUT2D eigenvalue weighted by atomic mass is 14.9. The van der Waals surface area contributed by atoms with E-state index in [4.69, 9.17) is 0 Å². The van der Waals surface area contributed by atoms with Crippen LogP contribution in [0.3, 0.4) is 0 Å². The highest BCUT2D eigenvalue weighted by Crippen LogP contribution is 2.32. The molecule has 0 amide bonds. The third-order valence-electron chi connectivity index (χ3n) is 4.08. The van der Waals surface area contributed by atoms with Gasteiger partial charge in [0.1, 0.15) is 0 Å². The van der Waals surface area contributed by atoms with Gasteiger partial charge in [-0.15, -0.1) is 0 Å². The molecular weight excluding hydrogens is 246 g/mol. The Kier molecular flexibility index (Phi) is 4.26. The molecule has 1 N–H and O–H groups in total. The van der Waals surface area contributed by atoms with E-state index in [1.165, 1.54) is 37.7 Å². The molecule has 0 radical (unpaired) electrons. The summed E-state index contributed by atoms with van der Waals surface area (Å²) in [5.41, 5.74) is 3.58. The summed E-state index contributed by atoms with van der Waals surface area (Å²) in [7, 11) is 0. The SMILES string of the molecule is c1cc(NCc2ccc(C3CCCCC3)cn2)ccn1. The summed E-state index contributed by atoms with van der Waals surface area (Å²) in [6.45, 7) is 0.759. The van der Waals surface area contributed by atoms with Crippen LogP contribution in [-0.4, -0.2) is 9.97 Å². The molecule has 3 rings (SSSR count). The molecule has 104 valence electrons. The van der Waals surface area contributed by atoms with Gasteiger partial charge in [0.15, 0.2) is 0 Å².